The van der Waals surface area contributed by atoms with Gasteiger partial charge in [-0.15, -0.1) is 0 Å². The van der Waals surface area contributed by atoms with Crippen molar-refractivity contribution >= 4 is 21.9 Å². The number of halogens is 1. The molecule has 2 aromatic carbocycles. The monoisotopic (exact) mass is 427 g/mol. The number of aryl methyl sites for hydroxylation is 1. The van der Waals surface area contributed by atoms with Crippen molar-refractivity contribution in [2.75, 3.05) is 19.1 Å². The van der Waals surface area contributed by atoms with Crippen LogP contribution in [0.4, 0.5) is 5.95 Å². The highest BCUT2D eigenvalue weighted by atomic mass is 79.9. The molecular formula is C21H22BrN3O2. The third-order valence-corrected chi connectivity index (χ3v) is 5.03. The Morgan fingerprint density at radius 2 is 1.33 bits per heavy atom. The summed E-state index contributed by atoms with van der Waals surface area (Å²) in [6.07, 6.45) is 1.80. The lowest BCUT2D eigenvalue weighted by Gasteiger charge is -2.23. The maximum absolute atomic E-state index is 5.25. The zero-order valence-corrected chi connectivity index (χ0v) is 17.2. The second kappa shape index (κ2) is 8.86. The summed E-state index contributed by atoms with van der Waals surface area (Å²) in [5.74, 6) is 2.38. The summed E-state index contributed by atoms with van der Waals surface area (Å²) in [6, 6.07) is 16.1. The van der Waals surface area contributed by atoms with Crippen molar-refractivity contribution in [1.29, 1.82) is 0 Å². The van der Waals surface area contributed by atoms with Gasteiger partial charge in [0, 0.05) is 19.3 Å². The predicted molar refractivity (Wildman–Crippen MR) is 110 cm³/mol. The van der Waals surface area contributed by atoms with Crippen LogP contribution in [0.15, 0.2) is 59.2 Å². The van der Waals surface area contributed by atoms with Crippen molar-refractivity contribution in [1.82, 2.24) is 9.97 Å². The van der Waals surface area contributed by atoms with Gasteiger partial charge in [0.2, 0.25) is 5.95 Å². The Kier molecular flexibility index (Phi) is 6.29. The van der Waals surface area contributed by atoms with E-state index >= 15 is 0 Å². The summed E-state index contributed by atoms with van der Waals surface area (Å²) in [4.78, 5) is 11.3. The topological polar surface area (TPSA) is 47.5 Å². The van der Waals surface area contributed by atoms with Gasteiger partial charge in [0.05, 0.1) is 24.4 Å². The number of aromatic nitrogens is 2. The van der Waals surface area contributed by atoms with Crippen LogP contribution in [0.3, 0.4) is 0 Å². The van der Waals surface area contributed by atoms with Gasteiger partial charge in [-0.3, -0.25) is 0 Å². The Morgan fingerprint density at radius 1 is 0.852 bits per heavy atom. The first-order valence-electron chi connectivity index (χ1n) is 8.59. The zero-order valence-electron chi connectivity index (χ0n) is 15.6. The smallest absolute Gasteiger partial charge is 0.226 e. The van der Waals surface area contributed by atoms with Crippen LogP contribution in [0, 0.1) is 6.92 Å². The molecular weight excluding hydrogens is 406 g/mol. The molecule has 0 unspecified atom stereocenters. The number of anilines is 1. The Morgan fingerprint density at radius 3 is 1.74 bits per heavy atom. The minimum absolute atomic E-state index is 0.692. The largest absolute Gasteiger partial charge is 0.497 e. The third-order valence-electron chi connectivity index (χ3n) is 4.25. The lowest BCUT2D eigenvalue weighted by atomic mass is 10.1. The van der Waals surface area contributed by atoms with Gasteiger partial charge in [0.25, 0.3) is 0 Å². The Labute approximate surface area is 168 Å². The third kappa shape index (κ3) is 4.98. The standard InChI is InChI=1S/C21H22BrN3O2/c1-15-20(22)12-23-21(24-15)25(13-16-4-8-18(26-2)9-5-16)14-17-6-10-19(27-3)11-7-17/h4-12H,13-14H2,1-3H3. The average molecular weight is 428 g/mol. The average Bonchev–Trinajstić information content (AvgIpc) is 2.70. The first-order valence-corrected chi connectivity index (χ1v) is 9.38. The molecule has 5 nitrogen and oxygen atoms in total. The summed E-state index contributed by atoms with van der Waals surface area (Å²) in [7, 11) is 3.34. The first kappa shape index (κ1) is 19.2. The summed E-state index contributed by atoms with van der Waals surface area (Å²) in [6.45, 7) is 3.35. The van der Waals surface area contributed by atoms with E-state index < -0.39 is 0 Å². The summed E-state index contributed by atoms with van der Waals surface area (Å²) in [5.41, 5.74) is 3.23. The van der Waals surface area contributed by atoms with Gasteiger partial charge in [-0.2, -0.15) is 0 Å². The number of rotatable bonds is 7. The first-order chi connectivity index (χ1) is 13.1. The van der Waals surface area contributed by atoms with E-state index in [-0.39, 0.29) is 0 Å². The van der Waals surface area contributed by atoms with E-state index in [0.29, 0.717) is 19.0 Å². The molecule has 0 atom stereocenters. The van der Waals surface area contributed by atoms with Gasteiger partial charge in [-0.05, 0) is 58.2 Å². The van der Waals surface area contributed by atoms with Crippen molar-refractivity contribution in [3.05, 3.63) is 76.0 Å². The highest BCUT2D eigenvalue weighted by molar-refractivity contribution is 9.10. The lowest BCUT2D eigenvalue weighted by molar-refractivity contribution is 0.414. The van der Waals surface area contributed by atoms with Gasteiger partial charge in [0.15, 0.2) is 0 Å². The van der Waals surface area contributed by atoms with E-state index in [1.54, 1.807) is 20.4 Å². The molecule has 3 rings (SSSR count). The summed E-state index contributed by atoms with van der Waals surface area (Å²) in [5, 5.41) is 0. The highest BCUT2D eigenvalue weighted by Crippen LogP contribution is 2.22. The molecule has 0 bridgehead atoms. The number of benzene rings is 2. The Balaban J connectivity index is 1.87. The van der Waals surface area contributed by atoms with E-state index in [1.807, 2.05) is 31.2 Å². The molecule has 1 aromatic heterocycles. The van der Waals surface area contributed by atoms with Crippen molar-refractivity contribution in [3.8, 4) is 11.5 Å². The molecule has 0 aliphatic rings. The molecule has 27 heavy (non-hydrogen) atoms. The number of hydrogen-bond acceptors (Lipinski definition) is 5. The predicted octanol–water partition coefficient (Wildman–Crippen LogP) is 4.77. The van der Waals surface area contributed by atoms with Crippen molar-refractivity contribution in [2.24, 2.45) is 0 Å². The second-order valence-corrected chi connectivity index (χ2v) is 7.01. The molecule has 0 radical (unpaired) electrons. The van der Waals surface area contributed by atoms with Crippen LogP contribution in [-0.2, 0) is 13.1 Å². The maximum atomic E-state index is 5.25. The minimum atomic E-state index is 0.692. The van der Waals surface area contributed by atoms with Crippen LogP contribution in [0.2, 0.25) is 0 Å². The minimum Gasteiger partial charge on any atom is -0.497 e. The van der Waals surface area contributed by atoms with E-state index in [4.69, 9.17) is 9.47 Å². The maximum Gasteiger partial charge on any atom is 0.226 e. The van der Waals surface area contributed by atoms with E-state index in [0.717, 1.165) is 32.8 Å². The molecule has 0 spiro atoms. The van der Waals surface area contributed by atoms with Crippen LogP contribution in [-0.4, -0.2) is 24.2 Å². The van der Waals surface area contributed by atoms with Gasteiger partial charge in [-0.25, -0.2) is 9.97 Å². The van der Waals surface area contributed by atoms with Crippen LogP contribution in [0.25, 0.3) is 0 Å². The van der Waals surface area contributed by atoms with E-state index in [9.17, 15) is 0 Å². The molecule has 0 saturated heterocycles. The quantitative estimate of drug-likeness (QED) is 0.543. The molecule has 0 amide bonds. The zero-order chi connectivity index (χ0) is 19.2. The summed E-state index contributed by atoms with van der Waals surface area (Å²) < 4.78 is 11.4. The van der Waals surface area contributed by atoms with E-state index in [2.05, 4.69) is 55.1 Å². The molecule has 0 aliphatic carbocycles. The molecule has 1 heterocycles. The van der Waals surface area contributed by atoms with E-state index in [1.165, 1.54) is 0 Å². The van der Waals surface area contributed by atoms with Crippen molar-refractivity contribution < 1.29 is 9.47 Å². The van der Waals surface area contributed by atoms with Crippen LogP contribution >= 0.6 is 15.9 Å². The number of methoxy groups -OCH3 is 2. The van der Waals surface area contributed by atoms with Gasteiger partial charge >= 0.3 is 0 Å². The fourth-order valence-electron chi connectivity index (χ4n) is 2.69. The number of hydrogen-bond donors (Lipinski definition) is 0. The van der Waals surface area contributed by atoms with Gasteiger partial charge in [0.1, 0.15) is 11.5 Å². The number of nitrogens with zero attached hydrogens (tertiary/aromatic N) is 3. The van der Waals surface area contributed by atoms with Crippen molar-refractivity contribution in [3.63, 3.8) is 0 Å². The molecule has 0 saturated carbocycles. The normalized spacial score (nSPS) is 10.5. The fraction of sp³-hybridized carbons (Fsp3) is 0.238. The molecule has 3 aromatic rings. The fourth-order valence-corrected chi connectivity index (χ4v) is 2.88. The molecule has 0 N–H and O–H groups in total. The van der Waals surface area contributed by atoms with Crippen LogP contribution < -0.4 is 14.4 Å². The Bertz CT molecular complexity index is 833. The second-order valence-electron chi connectivity index (χ2n) is 6.16. The van der Waals surface area contributed by atoms with Crippen molar-refractivity contribution in [2.45, 2.75) is 20.0 Å². The lowest BCUT2D eigenvalue weighted by Crippen LogP contribution is -2.24. The van der Waals surface area contributed by atoms with Crippen LogP contribution in [0.5, 0.6) is 11.5 Å². The molecule has 140 valence electrons. The van der Waals surface area contributed by atoms with Gasteiger partial charge in [-0.1, -0.05) is 24.3 Å². The number of ether oxygens (including phenoxy) is 2. The molecule has 0 aliphatic heterocycles. The molecule has 6 heteroatoms. The molecule has 0 fully saturated rings. The Hall–Kier alpha value is -2.60. The summed E-state index contributed by atoms with van der Waals surface area (Å²) >= 11 is 3.47. The van der Waals surface area contributed by atoms with Gasteiger partial charge < -0.3 is 14.4 Å². The van der Waals surface area contributed by atoms with Crippen LogP contribution in [0.1, 0.15) is 16.8 Å². The SMILES string of the molecule is COc1ccc(CN(Cc2ccc(OC)cc2)c2ncc(Br)c(C)n2)cc1. The highest BCUT2D eigenvalue weighted by Gasteiger charge is 2.13.